The van der Waals surface area contributed by atoms with E-state index in [2.05, 4.69) is 0 Å². The van der Waals surface area contributed by atoms with Crippen molar-refractivity contribution in [1.82, 2.24) is 0 Å². The van der Waals surface area contributed by atoms with Crippen LogP contribution in [-0.4, -0.2) is 10.9 Å². The molecule has 0 heterocycles. The Kier molecular flexibility index (Phi) is 4.10. The SMILES string of the molecule is Cc1cc(COC(=O)c2ccccc2)ccc1[N+](=O)[O-]. The molecule has 0 aliphatic rings. The molecule has 0 radical (unpaired) electrons. The lowest BCUT2D eigenvalue weighted by atomic mass is 10.1. The zero-order valence-electron chi connectivity index (χ0n) is 10.9. The predicted molar refractivity (Wildman–Crippen MR) is 73.4 cm³/mol. The van der Waals surface area contributed by atoms with Crippen LogP contribution in [0.1, 0.15) is 21.5 Å². The molecular weight excluding hydrogens is 258 g/mol. The molecule has 0 bridgehead atoms. The minimum Gasteiger partial charge on any atom is -0.457 e. The van der Waals surface area contributed by atoms with Gasteiger partial charge in [-0.25, -0.2) is 4.79 Å². The number of ether oxygens (including phenoxy) is 1. The number of nitrogens with zero attached hydrogens (tertiary/aromatic N) is 1. The normalized spacial score (nSPS) is 10.1. The third-order valence-corrected chi connectivity index (χ3v) is 2.84. The van der Waals surface area contributed by atoms with Crippen LogP contribution in [0, 0.1) is 17.0 Å². The number of aryl methyl sites for hydroxylation is 1. The van der Waals surface area contributed by atoms with Crippen molar-refractivity contribution in [3.63, 3.8) is 0 Å². The van der Waals surface area contributed by atoms with Gasteiger partial charge in [-0.3, -0.25) is 10.1 Å². The Morgan fingerprint density at radius 1 is 1.20 bits per heavy atom. The molecule has 0 aliphatic heterocycles. The highest BCUT2D eigenvalue weighted by Gasteiger charge is 2.11. The summed E-state index contributed by atoms with van der Waals surface area (Å²) in [7, 11) is 0. The Morgan fingerprint density at radius 2 is 1.90 bits per heavy atom. The van der Waals surface area contributed by atoms with Crippen LogP contribution in [0.25, 0.3) is 0 Å². The summed E-state index contributed by atoms with van der Waals surface area (Å²) in [4.78, 5) is 22.0. The molecule has 0 unspecified atom stereocenters. The summed E-state index contributed by atoms with van der Waals surface area (Å²) >= 11 is 0. The van der Waals surface area contributed by atoms with Gasteiger partial charge in [-0.2, -0.15) is 0 Å². The maximum atomic E-state index is 11.7. The molecular formula is C15H13NO4. The lowest BCUT2D eigenvalue weighted by Crippen LogP contribution is -2.05. The number of nitro benzene ring substituents is 1. The number of hydrogen-bond acceptors (Lipinski definition) is 4. The Morgan fingerprint density at radius 3 is 2.50 bits per heavy atom. The van der Waals surface area contributed by atoms with Crippen molar-refractivity contribution in [1.29, 1.82) is 0 Å². The van der Waals surface area contributed by atoms with Gasteiger partial charge in [0.25, 0.3) is 5.69 Å². The molecule has 0 amide bonds. The van der Waals surface area contributed by atoms with Crippen molar-refractivity contribution in [2.45, 2.75) is 13.5 Å². The molecule has 5 heteroatoms. The summed E-state index contributed by atoms with van der Waals surface area (Å²) in [6, 6.07) is 13.3. The first kappa shape index (κ1) is 13.7. The average molecular weight is 271 g/mol. The Balaban J connectivity index is 2.03. The van der Waals surface area contributed by atoms with Gasteiger partial charge in [-0.15, -0.1) is 0 Å². The summed E-state index contributed by atoms with van der Waals surface area (Å²) < 4.78 is 5.16. The van der Waals surface area contributed by atoms with E-state index in [0.717, 1.165) is 5.56 Å². The van der Waals surface area contributed by atoms with Crippen LogP contribution in [0.4, 0.5) is 5.69 Å². The van der Waals surface area contributed by atoms with Crippen molar-refractivity contribution in [3.8, 4) is 0 Å². The third kappa shape index (κ3) is 3.20. The van der Waals surface area contributed by atoms with E-state index < -0.39 is 10.9 Å². The van der Waals surface area contributed by atoms with Gasteiger partial charge in [0, 0.05) is 11.6 Å². The van der Waals surface area contributed by atoms with Gasteiger partial charge >= 0.3 is 5.97 Å². The van der Waals surface area contributed by atoms with Gasteiger partial charge in [-0.05, 0) is 36.8 Å². The van der Waals surface area contributed by atoms with Crippen molar-refractivity contribution in [2.75, 3.05) is 0 Å². The van der Waals surface area contributed by atoms with E-state index in [-0.39, 0.29) is 12.3 Å². The predicted octanol–water partition coefficient (Wildman–Crippen LogP) is 3.26. The Bertz CT molecular complexity index is 638. The molecule has 2 aromatic carbocycles. The molecule has 0 spiro atoms. The molecule has 0 N–H and O–H groups in total. The van der Waals surface area contributed by atoms with E-state index in [9.17, 15) is 14.9 Å². The minimum absolute atomic E-state index is 0.0585. The second-order valence-corrected chi connectivity index (χ2v) is 4.32. The Hall–Kier alpha value is -2.69. The van der Waals surface area contributed by atoms with E-state index in [1.165, 1.54) is 6.07 Å². The second-order valence-electron chi connectivity index (χ2n) is 4.32. The lowest BCUT2D eigenvalue weighted by Gasteiger charge is -2.06. The first-order chi connectivity index (χ1) is 9.58. The molecule has 0 aromatic heterocycles. The lowest BCUT2D eigenvalue weighted by molar-refractivity contribution is -0.385. The van der Waals surface area contributed by atoms with Gasteiger partial charge in [0.05, 0.1) is 10.5 Å². The van der Waals surface area contributed by atoms with Gasteiger partial charge in [0.15, 0.2) is 0 Å². The molecule has 2 aromatic rings. The standard InChI is InChI=1S/C15H13NO4/c1-11-9-12(7-8-14(11)16(18)19)10-20-15(17)13-5-3-2-4-6-13/h2-9H,10H2,1H3. The minimum atomic E-state index is -0.435. The smallest absolute Gasteiger partial charge is 0.338 e. The van der Waals surface area contributed by atoms with E-state index in [1.807, 2.05) is 6.07 Å². The highest BCUT2D eigenvalue weighted by molar-refractivity contribution is 5.89. The largest absolute Gasteiger partial charge is 0.457 e. The number of nitro groups is 1. The van der Waals surface area contributed by atoms with Gasteiger partial charge in [-0.1, -0.05) is 18.2 Å². The van der Waals surface area contributed by atoms with Gasteiger partial charge in [0.2, 0.25) is 0 Å². The second kappa shape index (κ2) is 5.97. The number of rotatable bonds is 4. The number of carbonyl (C=O) groups excluding carboxylic acids is 1. The van der Waals surface area contributed by atoms with E-state index in [1.54, 1.807) is 43.3 Å². The quantitative estimate of drug-likeness (QED) is 0.486. The molecule has 20 heavy (non-hydrogen) atoms. The van der Waals surface area contributed by atoms with Gasteiger partial charge < -0.3 is 4.74 Å². The van der Waals surface area contributed by atoms with E-state index >= 15 is 0 Å². The molecule has 0 fully saturated rings. The summed E-state index contributed by atoms with van der Waals surface area (Å²) in [5.74, 6) is -0.415. The fourth-order valence-electron chi connectivity index (χ4n) is 1.82. The highest BCUT2D eigenvalue weighted by Crippen LogP contribution is 2.19. The van der Waals surface area contributed by atoms with Crippen LogP contribution in [0.2, 0.25) is 0 Å². The van der Waals surface area contributed by atoms with E-state index in [4.69, 9.17) is 4.74 Å². The fourth-order valence-corrected chi connectivity index (χ4v) is 1.82. The zero-order chi connectivity index (χ0) is 14.5. The Labute approximate surface area is 116 Å². The molecule has 2 rings (SSSR count). The monoisotopic (exact) mass is 271 g/mol. The zero-order valence-corrected chi connectivity index (χ0v) is 10.9. The topological polar surface area (TPSA) is 69.4 Å². The highest BCUT2D eigenvalue weighted by atomic mass is 16.6. The number of hydrogen-bond donors (Lipinski definition) is 0. The van der Waals surface area contributed by atoms with Crippen molar-refractivity contribution in [2.24, 2.45) is 0 Å². The first-order valence-corrected chi connectivity index (χ1v) is 6.04. The van der Waals surface area contributed by atoms with Crippen LogP contribution in [0.15, 0.2) is 48.5 Å². The van der Waals surface area contributed by atoms with Crippen LogP contribution in [0.3, 0.4) is 0 Å². The van der Waals surface area contributed by atoms with Crippen LogP contribution >= 0.6 is 0 Å². The summed E-state index contributed by atoms with van der Waals surface area (Å²) in [6.45, 7) is 1.74. The number of benzene rings is 2. The fraction of sp³-hybridized carbons (Fsp3) is 0.133. The molecule has 0 saturated heterocycles. The van der Waals surface area contributed by atoms with Crippen molar-refractivity contribution in [3.05, 3.63) is 75.3 Å². The summed E-state index contributed by atoms with van der Waals surface area (Å²) in [5, 5.41) is 10.7. The molecule has 5 nitrogen and oxygen atoms in total. The molecule has 0 saturated carbocycles. The van der Waals surface area contributed by atoms with Crippen LogP contribution in [0.5, 0.6) is 0 Å². The van der Waals surface area contributed by atoms with Crippen LogP contribution in [-0.2, 0) is 11.3 Å². The number of esters is 1. The molecule has 102 valence electrons. The van der Waals surface area contributed by atoms with Crippen molar-refractivity contribution >= 4 is 11.7 Å². The maximum absolute atomic E-state index is 11.7. The average Bonchev–Trinajstić information content (AvgIpc) is 2.45. The summed E-state index contributed by atoms with van der Waals surface area (Å²) in [6.07, 6.45) is 0. The van der Waals surface area contributed by atoms with Crippen LogP contribution < -0.4 is 0 Å². The number of carbonyl (C=O) groups is 1. The van der Waals surface area contributed by atoms with E-state index in [0.29, 0.717) is 11.1 Å². The van der Waals surface area contributed by atoms with Gasteiger partial charge in [0.1, 0.15) is 6.61 Å². The first-order valence-electron chi connectivity index (χ1n) is 6.04. The molecule has 0 aliphatic carbocycles. The van der Waals surface area contributed by atoms with Crippen molar-refractivity contribution < 1.29 is 14.5 Å². The maximum Gasteiger partial charge on any atom is 0.338 e. The molecule has 0 atom stereocenters. The third-order valence-electron chi connectivity index (χ3n) is 2.84. The summed E-state index contributed by atoms with van der Waals surface area (Å²) in [5.41, 5.74) is 1.80.